The predicted molar refractivity (Wildman–Crippen MR) is 65.5 cm³/mol. The van der Waals surface area contributed by atoms with Gasteiger partial charge in [0.1, 0.15) is 0 Å². The lowest BCUT2D eigenvalue weighted by atomic mass is 10.1. The minimum absolute atomic E-state index is 0.00378. The highest BCUT2D eigenvalue weighted by atomic mass is 35.5. The topological polar surface area (TPSA) is 20.3 Å². The van der Waals surface area contributed by atoms with E-state index in [0.29, 0.717) is 18.0 Å². The molecule has 3 heteroatoms. The zero-order chi connectivity index (χ0) is 11.7. The molecule has 1 aliphatic heterocycles. The molecule has 0 aromatic heterocycles. The Balaban J connectivity index is 2.35. The van der Waals surface area contributed by atoms with Gasteiger partial charge in [-0.15, -0.1) is 12.3 Å². The third kappa shape index (κ3) is 1.91. The number of carbonyl (C=O) groups excluding carboxylic acids is 1. The molecule has 16 heavy (non-hydrogen) atoms. The van der Waals surface area contributed by atoms with E-state index < -0.39 is 0 Å². The molecule has 0 bridgehead atoms. The third-order valence-corrected chi connectivity index (χ3v) is 3.07. The van der Waals surface area contributed by atoms with E-state index in [9.17, 15) is 4.79 Å². The van der Waals surface area contributed by atoms with Crippen LogP contribution in [0.1, 0.15) is 12.0 Å². The van der Waals surface area contributed by atoms with Gasteiger partial charge in [0.25, 0.3) is 0 Å². The lowest BCUT2D eigenvalue weighted by molar-refractivity contribution is -0.117. The standard InChI is InChI=1S/C13H12ClNO/c1-3-10-7-13(16)15(8-10)12-6-9(2)4-5-11(12)14/h1,4-6,10H,7-8H2,2H3. The van der Waals surface area contributed by atoms with Crippen molar-refractivity contribution in [2.45, 2.75) is 13.3 Å². The van der Waals surface area contributed by atoms with Gasteiger partial charge < -0.3 is 4.90 Å². The number of amides is 1. The van der Waals surface area contributed by atoms with Crippen molar-refractivity contribution in [3.05, 3.63) is 28.8 Å². The zero-order valence-electron chi connectivity index (χ0n) is 9.03. The largest absolute Gasteiger partial charge is 0.310 e. The van der Waals surface area contributed by atoms with E-state index in [-0.39, 0.29) is 11.8 Å². The Morgan fingerprint density at radius 3 is 2.94 bits per heavy atom. The molecule has 2 nitrogen and oxygen atoms in total. The Labute approximate surface area is 100 Å². The van der Waals surface area contributed by atoms with Crippen LogP contribution in [-0.4, -0.2) is 12.5 Å². The first-order valence-electron chi connectivity index (χ1n) is 5.14. The summed E-state index contributed by atoms with van der Waals surface area (Å²) in [6.07, 6.45) is 5.76. The summed E-state index contributed by atoms with van der Waals surface area (Å²) < 4.78 is 0. The van der Waals surface area contributed by atoms with Gasteiger partial charge in [-0.25, -0.2) is 0 Å². The monoisotopic (exact) mass is 233 g/mol. The van der Waals surface area contributed by atoms with Gasteiger partial charge in [-0.1, -0.05) is 17.7 Å². The van der Waals surface area contributed by atoms with Crippen LogP contribution in [0.15, 0.2) is 18.2 Å². The Morgan fingerprint density at radius 1 is 1.56 bits per heavy atom. The van der Waals surface area contributed by atoms with Gasteiger partial charge in [-0.2, -0.15) is 0 Å². The van der Waals surface area contributed by atoms with E-state index in [4.69, 9.17) is 18.0 Å². The number of benzene rings is 1. The molecule has 82 valence electrons. The Morgan fingerprint density at radius 2 is 2.31 bits per heavy atom. The first kappa shape index (κ1) is 11.0. The van der Waals surface area contributed by atoms with Crippen LogP contribution in [0.3, 0.4) is 0 Å². The molecule has 1 atom stereocenters. The summed E-state index contributed by atoms with van der Waals surface area (Å²) >= 11 is 6.09. The van der Waals surface area contributed by atoms with E-state index in [1.165, 1.54) is 0 Å². The van der Waals surface area contributed by atoms with Crippen LogP contribution in [0, 0.1) is 25.2 Å². The van der Waals surface area contributed by atoms with Crippen molar-refractivity contribution in [1.29, 1.82) is 0 Å². The molecule has 1 aromatic carbocycles. The summed E-state index contributed by atoms with van der Waals surface area (Å²) in [7, 11) is 0. The average molecular weight is 234 g/mol. The Kier molecular flexibility index (Phi) is 2.89. The van der Waals surface area contributed by atoms with Crippen LogP contribution in [0.2, 0.25) is 5.02 Å². The molecular weight excluding hydrogens is 222 g/mol. The lowest BCUT2D eigenvalue weighted by Crippen LogP contribution is -2.24. The quantitative estimate of drug-likeness (QED) is 0.683. The highest BCUT2D eigenvalue weighted by molar-refractivity contribution is 6.33. The van der Waals surface area contributed by atoms with Gasteiger partial charge in [0, 0.05) is 18.9 Å². The molecule has 1 heterocycles. The lowest BCUT2D eigenvalue weighted by Gasteiger charge is -2.18. The molecule has 1 unspecified atom stereocenters. The van der Waals surface area contributed by atoms with Gasteiger partial charge >= 0.3 is 0 Å². The maximum atomic E-state index is 11.8. The van der Waals surface area contributed by atoms with Crippen molar-refractivity contribution in [2.24, 2.45) is 5.92 Å². The average Bonchev–Trinajstić information content (AvgIpc) is 2.63. The smallest absolute Gasteiger partial charge is 0.228 e. The van der Waals surface area contributed by atoms with Crippen molar-refractivity contribution in [3.63, 3.8) is 0 Å². The number of hydrogen-bond donors (Lipinski definition) is 0. The summed E-state index contributed by atoms with van der Waals surface area (Å²) in [6, 6.07) is 5.65. The van der Waals surface area contributed by atoms with E-state index in [0.717, 1.165) is 11.3 Å². The number of halogens is 1. The number of rotatable bonds is 1. The minimum Gasteiger partial charge on any atom is -0.310 e. The third-order valence-electron chi connectivity index (χ3n) is 2.75. The van der Waals surface area contributed by atoms with Gasteiger partial charge in [-0.05, 0) is 24.6 Å². The predicted octanol–water partition coefficient (Wildman–Crippen LogP) is 2.63. The van der Waals surface area contributed by atoms with Gasteiger partial charge in [0.05, 0.1) is 10.7 Å². The Hall–Kier alpha value is -1.46. The molecule has 0 aliphatic carbocycles. The van der Waals surface area contributed by atoms with E-state index in [1.54, 1.807) is 4.90 Å². The van der Waals surface area contributed by atoms with E-state index in [2.05, 4.69) is 5.92 Å². The minimum atomic E-state index is 0.00378. The molecule has 1 aliphatic rings. The van der Waals surface area contributed by atoms with E-state index in [1.807, 2.05) is 25.1 Å². The first-order chi connectivity index (χ1) is 7.61. The number of terminal acetylenes is 1. The number of hydrogen-bond acceptors (Lipinski definition) is 1. The van der Waals surface area contributed by atoms with Crippen LogP contribution < -0.4 is 4.90 Å². The molecule has 0 radical (unpaired) electrons. The normalized spacial score (nSPS) is 19.9. The van der Waals surface area contributed by atoms with Crippen LogP contribution >= 0.6 is 11.6 Å². The fraction of sp³-hybridized carbons (Fsp3) is 0.308. The van der Waals surface area contributed by atoms with Crippen molar-refractivity contribution in [1.82, 2.24) is 0 Å². The van der Waals surface area contributed by atoms with Crippen LogP contribution in [0.5, 0.6) is 0 Å². The summed E-state index contributed by atoms with van der Waals surface area (Å²) in [6.45, 7) is 2.54. The number of aryl methyl sites for hydroxylation is 1. The number of nitrogens with zero attached hydrogens (tertiary/aromatic N) is 1. The van der Waals surface area contributed by atoms with Crippen molar-refractivity contribution >= 4 is 23.2 Å². The summed E-state index contributed by atoms with van der Waals surface area (Å²) in [5.41, 5.74) is 1.85. The molecular formula is C13H12ClNO. The van der Waals surface area contributed by atoms with Crippen LogP contribution in [0.25, 0.3) is 0 Å². The summed E-state index contributed by atoms with van der Waals surface area (Å²) in [5.74, 6) is 2.68. The maximum absolute atomic E-state index is 11.8. The first-order valence-corrected chi connectivity index (χ1v) is 5.52. The molecule has 0 saturated carbocycles. The molecule has 1 amide bonds. The zero-order valence-corrected chi connectivity index (χ0v) is 9.79. The van der Waals surface area contributed by atoms with Crippen LogP contribution in [-0.2, 0) is 4.79 Å². The second kappa shape index (κ2) is 4.19. The fourth-order valence-corrected chi connectivity index (χ4v) is 2.10. The van der Waals surface area contributed by atoms with E-state index >= 15 is 0 Å². The molecule has 1 fully saturated rings. The second-order valence-corrected chi connectivity index (χ2v) is 4.43. The van der Waals surface area contributed by atoms with Crippen LogP contribution in [0.4, 0.5) is 5.69 Å². The van der Waals surface area contributed by atoms with Gasteiger partial charge in [0.2, 0.25) is 5.91 Å². The highest BCUT2D eigenvalue weighted by Gasteiger charge is 2.30. The highest BCUT2D eigenvalue weighted by Crippen LogP contribution is 2.31. The maximum Gasteiger partial charge on any atom is 0.228 e. The van der Waals surface area contributed by atoms with Crippen molar-refractivity contribution in [3.8, 4) is 12.3 Å². The Bertz CT molecular complexity index is 475. The summed E-state index contributed by atoms with van der Waals surface area (Å²) in [5, 5.41) is 0.594. The molecule has 0 spiro atoms. The molecule has 0 N–H and O–H groups in total. The summed E-state index contributed by atoms with van der Waals surface area (Å²) in [4.78, 5) is 13.5. The SMILES string of the molecule is C#CC1CC(=O)N(c2cc(C)ccc2Cl)C1. The van der Waals surface area contributed by atoms with Crippen molar-refractivity contribution in [2.75, 3.05) is 11.4 Å². The van der Waals surface area contributed by atoms with Crippen molar-refractivity contribution < 1.29 is 4.79 Å². The van der Waals surface area contributed by atoms with Gasteiger partial charge in [-0.3, -0.25) is 4.79 Å². The number of anilines is 1. The molecule has 1 aromatic rings. The second-order valence-electron chi connectivity index (χ2n) is 4.03. The fourth-order valence-electron chi connectivity index (χ4n) is 1.88. The molecule has 2 rings (SSSR count). The number of carbonyl (C=O) groups is 1. The van der Waals surface area contributed by atoms with Gasteiger partial charge in [0.15, 0.2) is 0 Å². The molecule has 1 saturated heterocycles.